The molecule has 0 unspecified atom stereocenters. The van der Waals surface area contributed by atoms with Crippen molar-refractivity contribution in [3.05, 3.63) is 64.7 Å². The molecule has 0 aromatic heterocycles. The molecule has 26 heavy (non-hydrogen) atoms. The van der Waals surface area contributed by atoms with E-state index in [9.17, 15) is 4.79 Å². The summed E-state index contributed by atoms with van der Waals surface area (Å²) in [6, 6.07) is 13.2. The van der Waals surface area contributed by atoms with Gasteiger partial charge in [-0.15, -0.1) is 0 Å². The zero-order chi connectivity index (χ0) is 18.6. The lowest BCUT2D eigenvalue weighted by atomic mass is 9.72. The molecule has 0 heterocycles. The van der Waals surface area contributed by atoms with Gasteiger partial charge in [0, 0.05) is 11.1 Å². The Kier molecular flexibility index (Phi) is 5.52. The predicted octanol–water partition coefficient (Wildman–Crippen LogP) is 4.57. The molecule has 4 nitrogen and oxygen atoms in total. The van der Waals surface area contributed by atoms with Gasteiger partial charge in [-0.2, -0.15) is 0 Å². The topological polar surface area (TPSA) is 47.6 Å². The average Bonchev–Trinajstić information content (AvgIpc) is 2.63. The van der Waals surface area contributed by atoms with Gasteiger partial charge in [-0.1, -0.05) is 29.8 Å². The monoisotopic (exact) mass is 371 g/mol. The van der Waals surface area contributed by atoms with E-state index in [2.05, 4.69) is 5.32 Å². The largest absolute Gasteiger partial charge is 0.493 e. The van der Waals surface area contributed by atoms with Gasteiger partial charge in [-0.3, -0.25) is 4.79 Å². The minimum atomic E-state index is -0.288. The molecule has 3 rings (SSSR count). The summed E-state index contributed by atoms with van der Waals surface area (Å²) in [5.74, 6) is 1.17. The summed E-state index contributed by atoms with van der Waals surface area (Å²) in [5, 5.41) is 3.86. The minimum absolute atomic E-state index is 0.116. The van der Waals surface area contributed by atoms with Crippen molar-refractivity contribution in [1.82, 2.24) is 5.32 Å². The normalized spacial score (nSPS) is 15.3. The number of methoxy groups -OCH3 is 2. The molecule has 1 fully saturated rings. The number of hydrogen-bond acceptors (Lipinski definition) is 3. The van der Waals surface area contributed by atoms with Gasteiger partial charge in [-0.05, 0) is 60.7 Å². The van der Waals surface area contributed by atoms with Crippen LogP contribution in [0.15, 0.2) is 48.5 Å². The first kappa shape index (κ1) is 18.3. The number of rotatable bonds is 6. The zero-order valence-electron chi connectivity index (χ0n) is 14.9. The third-order valence-electron chi connectivity index (χ3n) is 4.80. The summed E-state index contributed by atoms with van der Waals surface area (Å²) in [6.07, 6.45) is 6.29. The molecule has 5 heteroatoms. The Morgan fingerprint density at radius 2 is 1.77 bits per heavy atom. The molecule has 1 N–H and O–H groups in total. The molecule has 1 aliphatic carbocycles. The summed E-state index contributed by atoms with van der Waals surface area (Å²) in [5.41, 5.74) is 1.68. The Bertz CT molecular complexity index is 811. The minimum Gasteiger partial charge on any atom is -0.493 e. The van der Waals surface area contributed by atoms with Crippen LogP contribution in [0.1, 0.15) is 30.4 Å². The highest BCUT2D eigenvalue weighted by Crippen LogP contribution is 2.41. The number of benzene rings is 2. The van der Waals surface area contributed by atoms with Crippen LogP contribution >= 0.6 is 11.6 Å². The number of carbonyl (C=O) groups excluding carboxylic acids is 1. The van der Waals surface area contributed by atoms with Crippen molar-refractivity contribution in [3.8, 4) is 11.5 Å². The van der Waals surface area contributed by atoms with E-state index in [4.69, 9.17) is 21.1 Å². The Labute approximate surface area is 158 Å². The number of carbonyl (C=O) groups is 1. The van der Waals surface area contributed by atoms with E-state index in [1.54, 1.807) is 26.4 Å². The van der Waals surface area contributed by atoms with Gasteiger partial charge in [0.25, 0.3) is 0 Å². The highest BCUT2D eigenvalue weighted by atomic mass is 35.5. The number of ether oxygens (including phenoxy) is 2. The Balaban J connectivity index is 1.71. The second-order valence-electron chi connectivity index (χ2n) is 6.38. The second-order valence-corrected chi connectivity index (χ2v) is 6.82. The van der Waals surface area contributed by atoms with Crippen molar-refractivity contribution < 1.29 is 14.3 Å². The molecular formula is C21H22ClNO3. The number of nitrogens with one attached hydrogen (secondary N) is 1. The van der Waals surface area contributed by atoms with Crippen LogP contribution in [0.3, 0.4) is 0 Å². The van der Waals surface area contributed by atoms with E-state index >= 15 is 0 Å². The summed E-state index contributed by atoms with van der Waals surface area (Å²) in [6.45, 7) is 0. The van der Waals surface area contributed by atoms with Crippen LogP contribution in [0.25, 0.3) is 6.08 Å². The van der Waals surface area contributed by atoms with E-state index in [1.165, 1.54) is 0 Å². The van der Waals surface area contributed by atoms with Crippen LogP contribution in [0.5, 0.6) is 11.5 Å². The van der Waals surface area contributed by atoms with Gasteiger partial charge in [0.05, 0.1) is 19.8 Å². The summed E-state index contributed by atoms with van der Waals surface area (Å²) < 4.78 is 10.5. The van der Waals surface area contributed by atoms with Gasteiger partial charge in [0.15, 0.2) is 11.5 Å². The molecule has 1 saturated carbocycles. The van der Waals surface area contributed by atoms with E-state index in [-0.39, 0.29) is 11.4 Å². The van der Waals surface area contributed by atoms with Crippen LogP contribution in [0.4, 0.5) is 0 Å². The summed E-state index contributed by atoms with van der Waals surface area (Å²) >= 11 is 5.97. The van der Waals surface area contributed by atoms with Crippen molar-refractivity contribution in [1.29, 1.82) is 0 Å². The second kappa shape index (κ2) is 7.83. The maximum Gasteiger partial charge on any atom is 0.244 e. The fourth-order valence-electron chi connectivity index (χ4n) is 3.19. The molecule has 0 bridgehead atoms. The third kappa shape index (κ3) is 3.86. The maximum atomic E-state index is 12.5. The highest BCUT2D eigenvalue weighted by Gasteiger charge is 2.39. The Hall–Kier alpha value is -2.46. The summed E-state index contributed by atoms with van der Waals surface area (Å²) in [7, 11) is 3.18. The fraction of sp³-hybridized carbons (Fsp3) is 0.286. The number of amides is 1. The van der Waals surface area contributed by atoms with Gasteiger partial charge < -0.3 is 14.8 Å². The van der Waals surface area contributed by atoms with E-state index in [0.29, 0.717) is 16.5 Å². The lowest BCUT2D eigenvalue weighted by Gasteiger charge is -2.43. The van der Waals surface area contributed by atoms with Crippen LogP contribution < -0.4 is 14.8 Å². The lowest BCUT2D eigenvalue weighted by Crippen LogP contribution is -2.50. The number of halogens is 1. The Morgan fingerprint density at radius 1 is 1.08 bits per heavy atom. The van der Waals surface area contributed by atoms with Crippen molar-refractivity contribution in [2.75, 3.05) is 14.2 Å². The molecule has 0 radical (unpaired) electrons. The first-order chi connectivity index (χ1) is 12.6. The fourth-order valence-corrected chi connectivity index (χ4v) is 3.32. The molecule has 2 aromatic rings. The van der Waals surface area contributed by atoms with Crippen molar-refractivity contribution in [3.63, 3.8) is 0 Å². The lowest BCUT2D eigenvalue weighted by molar-refractivity contribution is -0.119. The van der Waals surface area contributed by atoms with Crippen molar-refractivity contribution in [2.24, 2.45) is 0 Å². The SMILES string of the molecule is COc1ccc(/C=C/C(=O)NC2(c3ccc(Cl)cc3)CCC2)cc1OC. The molecule has 2 aromatic carbocycles. The zero-order valence-corrected chi connectivity index (χ0v) is 15.7. The molecular weight excluding hydrogens is 350 g/mol. The van der Waals surface area contributed by atoms with Crippen LogP contribution in [-0.4, -0.2) is 20.1 Å². The molecule has 0 atom stereocenters. The van der Waals surface area contributed by atoms with Crippen molar-refractivity contribution >= 4 is 23.6 Å². The quantitative estimate of drug-likeness (QED) is 0.757. The smallest absolute Gasteiger partial charge is 0.244 e. The predicted molar refractivity (Wildman–Crippen MR) is 104 cm³/mol. The van der Waals surface area contributed by atoms with Crippen molar-refractivity contribution in [2.45, 2.75) is 24.8 Å². The van der Waals surface area contributed by atoms with E-state index in [1.807, 2.05) is 42.5 Å². The summed E-state index contributed by atoms with van der Waals surface area (Å²) in [4.78, 5) is 12.5. The third-order valence-corrected chi connectivity index (χ3v) is 5.05. The van der Waals surface area contributed by atoms with E-state index in [0.717, 1.165) is 30.4 Å². The number of hydrogen-bond donors (Lipinski definition) is 1. The Morgan fingerprint density at radius 3 is 2.35 bits per heavy atom. The molecule has 0 aliphatic heterocycles. The van der Waals surface area contributed by atoms with Gasteiger partial charge in [-0.25, -0.2) is 0 Å². The molecule has 1 aliphatic rings. The van der Waals surface area contributed by atoms with Crippen LogP contribution in [0.2, 0.25) is 5.02 Å². The molecule has 1 amide bonds. The van der Waals surface area contributed by atoms with E-state index < -0.39 is 0 Å². The van der Waals surface area contributed by atoms with Crippen LogP contribution in [0, 0.1) is 0 Å². The average molecular weight is 372 g/mol. The molecule has 0 spiro atoms. The van der Waals surface area contributed by atoms with Gasteiger partial charge in [0.1, 0.15) is 0 Å². The molecule has 0 saturated heterocycles. The van der Waals surface area contributed by atoms with Crippen LogP contribution in [-0.2, 0) is 10.3 Å². The standard InChI is InChI=1S/C21H22ClNO3/c1-25-18-10-4-15(14-19(18)26-2)5-11-20(24)23-21(12-3-13-21)16-6-8-17(22)9-7-16/h4-11,14H,3,12-13H2,1-2H3,(H,23,24)/b11-5+. The highest BCUT2D eigenvalue weighted by molar-refractivity contribution is 6.30. The first-order valence-corrected chi connectivity index (χ1v) is 8.92. The maximum absolute atomic E-state index is 12.5. The van der Waals surface area contributed by atoms with Gasteiger partial charge >= 0.3 is 0 Å². The first-order valence-electron chi connectivity index (χ1n) is 8.55. The van der Waals surface area contributed by atoms with Gasteiger partial charge in [0.2, 0.25) is 5.91 Å². The molecule has 136 valence electrons.